The van der Waals surface area contributed by atoms with Gasteiger partial charge in [0.2, 0.25) is 0 Å². The number of nitrogens with one attached hydrogen (secondary N) is 1. The summed E-state index contributed by atoms with van der Waals surface area (Å²) >= 11 is 5.88. The zero-order chi connectivity index (χ0) is 6.85. The molecule has 0 saturated carbocycles. The maximum atomic E-state index is 7.11. The highest BCUT2D eigenvalue weighted by molar-refractivity contribution is 8.29. The first kappa shape index (κ1) is 6.70. The number of thiocarbonyl (C=S) groups is 1. The lowest BCUT2D eigenvalue weighted by Gasteiger charge is -1.90. The highest BCUT2D eigenvalue weighted by Gasteiger charge is 2.13. The molecule has 48 valence electrons. The predicted octanol–water partition coefficient (Wildman–Crippen LogP) is 0.395. The van der Waals surface area contributed by atoms with Crippen molar-refractivity contribution in [3.63, 3.8) is 0 Å². The van der Waals surface area contributed by atoms with E-state index in [1.54, 1.807) is 0 Å². The molecule has 9 heavy (non-hydrogen) atoms. The lowest BCUT2D eigenvalue weighted by atomic mass is 10.7. The van der Waals surface area contributed by atoms with Gasteiger partial charge in [0.25, 0.3) is 0 Å². The Morgan fingerprint density at radius 1 is 1.89 bits per heavy atom. The number of hydrogen-bond acceptors (Lipinski definition) is 4. The van der Waals surface area contributed by atoms with Gasteiger partial charge in [-0.05, 0) is 0 Å². The molecule has 0 aliphatic carbocycles. The summed E-state index contributed by atoms with van der Waals surface area (Å²) in [6.45, 7) is 0.442. The van der Waals surface area contributed by atoms with E-state index < -0.39 is 0 Å². The fourth-order valence-corrected chi connectivity index (χ4v) is 1.23. The van der Waals surface area contributed by atoms with Crippen LogP contribution in [0.4, 0.5) is 0 Å². The molecule has 0 bridgehead atoms. The minimum Gasteiger partial charge on any atom is -0.388 e. The average Bonchev–Trinajstić information content (AvgIpc) is 2.14. The molecule has 0 aromatic carbocycles. The minimum atomic E-state index is 0.294. The predicted molar refractivity (Wildman–Crippen MR) is 44.4 cm³/mol. The number of aliphatic imine (C=N–C) groups is 1. The third kappa shape index (κ3) is 1.49. The third-order valence-corrected chi connectivity index (χ3v) is 2.04. The van der Waals surface area contributed by atoms with Crippen molar-refractivity contribution in [3.8, 4) is 0 Å². The normalized spacial score (nSPS) is 17.8. The monoisotopic (exact) mass is 159 g/mol. The van der Waals surface area contributed by atoms with Crippen LogP contribution in [0.5, 0.6) is 0 Å². The van der Waals surface area contributed by atoms with E-state index in [1.165, 1.54) is 11.8 Å². The van der Waals surface area contributed by atoms with Crippen LogP contribution < -0.4 is 5.73 Å². The van der Waals surface area contributed by atoms with E-state index in [4.69, 9.17) is 11.1 Å². The van der Waals surface area contributed by atoms with Gasteiger partial charge in [-0.2, -0.15) is 0 Å². The average molecular weight is 159 g/mol. The number of nitrogens with zero attached hydrogens (tertiary/aromatic N) is 1. The van der Waals surface area contributed by atoms with Gasteiger partial charge in [0.05, 0.1) is 11.6 Å². The lowest BCUT2D eigenvalue weighted by molar-refractivity contribution is 1.32. The number of thioether (sulfide) groups is 1. The van der Waals surface area contributed by atoms with E-state index in [1.807, 2.05) is 0 Å². The summed E-state index contributed by atoms with van der Waals surface area (Å²) in [5.41, 5.74) is 5.24. The molecule has 3 N–H and O–H groups in total. The van der Waals surface area contributed by atoms with E-state index in [9.17, 15) is 0 Å². The molecule has 0 atom stereocenters. The molecular weight excluding hydrogens is 154 g/mol. The smallest absolute Gasteiger partial charge is 0.131 e. The summed E-state index contributed by atoms with van der Waals surface area (Å²) in [7, 11) is 0. The molecule has 3 nitrogen and oxygen atoms in total. The van der Waals surface area contributed by atoms with Crippen molar-refractivity contribution in [2.45, 2.75) is 0 Å². The first-order valence-corrected chi connectivity index (χ1v) is 3.52. The number of hydrogen-bond donors (Lipinski definition) is 2. The Morgan fingerprint density at radius 2 is 2.56 bits per heavy atom. The van der Waals surface area contributed by atoms with Crippen molar-refractivity contribution in [1.29, 1.82) is 5.41 Å². The molecule has 5 heteroatoms. The number of nitrogens with two attached hydrogens (primary N) is 1. The van der Waals surface area contributed by atoms with Crippen LogP contribution in [0.3, 0.4) is 0 Å². The quantitative estimate of drug-likeness (QED) is 0.544. The van der Waals surface area contributed by atoms with E-state index >= 15 is 0 Å². The van der Waals surface area contributed by atoms with Crippen molar-refractivity contribution >= 4 is 39.1 Å². The molecule has 1 rings (SSSR count). The van der Waals surface area contributed by atoms with E-state index in [2.05, 4.69) is 17.2 Å². The van der Waals surface area contributed by atoms with Crippen LogP contribution >= 0.6 is 24.0 Å². The highest BCUT2D eigenvalue weighted by atomic mass is 32.2. The van der Waals surface area contributed by atoms with E-state index in [-0.39, 0.29) is 0 Å². The third-order valence-electron chi connectivity index (χ3n) is 0.797. The molecule has 1 aliphatic heterocycles. The van der Waals surface area contributed by atoms with Crippen LogP contribution in [-0.4, -0.2) is 21.6 Å². The fraction of sp³-hybridized carbons (Fsp3) is 0.250. The van der Waals surface area contributed by atoms with Crippen molar-refractivity contribution < 1.29 is 0 Å². The van der Waals surface area contributed by atoms with Gasteiger partial charge < -0.3 is 5.73 Å². The zero-order valence-corrected chi connectivity index (χ0v) is 6.18. The molecule has 0 aromatic heterocycles. The Hall–Kier alpha value is -0.420. The van der Waals surface area contributed by atoms with Crippen molar-refractivity contribution in [3.05, 3.63) is 0 Å². The first-order chi connectivity index (χ1) is 4.20. The minimum absolute atomic E-state index is 0.294. The molecule has 0 spiro atoms. The molecule has 0 radical (unpaired) electrons. The van der Waals surface area contributed by atoms with Crippen LogP contribution in [0.25, 0.3) is 0 Å². The van der Waals surface area contributed by atoms with Crippen molar-refractivity contribution in [1.82, 2.24) is 0 Å². The highest BCUT2D eigenvalue weighted by Crippen LogP contribution is 2.13. The Morgan fingerprint density at radius 3 is 2.78 bits per heavy atom. The Labute approximate surface area is 62.2 Å². The van der Waals surface area contributed by atoms with Gasteiger partial charge in [-0.15, -0.1) is 0 Å². The van der Waals surface area contributed by atoms with Gasteiger partial charge in [-0.3, -0.25) is 10.4 Å². The van der Waals surface area contributed by atoms with Gasteiger partial charge in [-0.25, -0.2) is 0 Å². The zero-order valence-electron chi connectivity index (χ0n) is 4.55. The molecule has 0 fully saturated rings. The number of rotatable bonds is 1. The van der Waals surface area contributed by atoms with Gasteiger partial charge in [-0.1, -0.05) is 24.0 Å². The standard InChI is InChI=1S/C4H5N3S2/c5-2-1-7-4(9-2)3(6)8/h5H,1H2,(H2,6,8). The van der Waals surface area contributed by atoms with Gasteiger partial charge in [0.1, 0.15) is 10.0 Å². The second kappa shape index (κ2) is 2.45. The second-order valence-corrected chi connectivity index (χ2v) is 3.03. The summed E-state index contributed by atoms with van der Waals surface area (Å²) in [6, 6.07) is 0. The van der Waals surface area contributed by atoms with Crippen LogP contribution in [0, 0.1) is 5.41 Å². The Kier molecular flexibility index (Phi) is 1.82. The molecular formula is C4H5N3S2. The van der Waals surface area contributed by atoms with Crippen molar-refractivity contribution in [2.75, 3.05) is 6.54 Å². The maximum absolute atomic E-state index is 7.11. The van der Waals surface area contributed by atoms with Crippen LogP contribution in [-0.2, 0) is 0 Å². The van der Waals surface area contributed by atoms with Gasteiger partial charge >= 0.3 is 0 Å². The topological polar surface area (TPSA) is 62.2 Å². The molecule has 0 aromatic rings. The summed E-state index contributed by atoms with van der Waals surface area (Å²) in [5, 5.41) is 8.24. The maximum Gasteiger partial charge on any atom is 0.131 e. The molecule has 0 amide bonds. The van der Waals surface area contributed by atoms with Crippen LogP contribution in [0.2, 0.25) is 0 Å². The second-order valence-electron chi connectivity index (χ2n) is 1.51. The van der Waals surface area contributed by atoms with Crippen LogP contribution in [0.1, 0.15) is 0 Å². The van der Waals surface area contributed by atoms with Crippen LogP contribution in [0.15, 0.2) is 4.99 Å². The fourth-order valence-electron chi connectivity index (χ4n) is 0.453. The summed E-state index contributed by atoms with van der Waals surface area (Å²) in [6.07, 6.45) is 0. The van der Waals surface area contributed by atoms with E-state index in [0.717, 1.165) is 0 Å². The lowest BCUT2D eigenvalue weighted by Crippen LogP contribution is -2.16. The first-order valence-electron chi connectivity index (χ1n) is 2.29. The summed E-state index contributed by atoms with van der Waals surface area (Å²) < 4.78 is 0. The molecule has 0 saturated heterocycles. The SMILES string of the molecule is N=C1CN=C(C(N)=S)S1. The van der Waals surface area contributed by atoms with Crippen molar-refractivity contribution in [2.24, 2.45) is 10.7 Å². The van der Waals surface area contributed by atoms with Gasteiger partial charge in [0.15, 0.2) is 0 Å². The summed E-state index contributed by atoms with van der Waals surface area (Å²) in [4.78, 5) is 4.20. The molecule has 1 aliphatic rings. The molecule has 0 unspecified atom stereocenters. The largest absolute Gasteiger partial charge is 0.388 e. The van der Waals surface area contributed by atoms with E-state index in [0.29, 0.717) is 21.6 Å². The molecule has 1 heterocycles. The van der Waals surface area contributed by atoms with Gasteiger partial charge in [0, 0.05) is 0 Å². The Bertz CT molecular complexity index is 196. The Balaban J connectivity index is 2.65. The summed E-state index contributed by atoms with van der Waals surface area (Å²) in [5.74, 6) is 0.